The molecule has 0 amide bonds. The summed E-state index contributed by atoms with van der Waals surface area (Å²) in [5, 5.41) is 4.79. The van der Waals surface area contributed by atoms with Gasteiger partial charge in [0.25, 0.3) is 0 Å². The minimum atomic E-state index is 0. The van der Waals surface area contributed by atoms with E-state index in [0.717, 1.165) is 81.0 Å². The fourth-order valence-electron chi connectivity index (χ4n) is 6.77. The van der Waals surface area contributed by atoms with Gasteiger partial charge in [-0.3, -0.25) is 0 Å². The van der Waals surface area contributed by atoms with Gasteiger partial charge in [-0.05, 0) is 98.1 Å². The first-order valence-corrected chi connectivity index (χ1v) is 18.2. The maximum absolute atomic E-state index is 6.39. The van der Waals surface area contributed by atoms with Crippen LogP contribution in [-0.4, -0.2) is 44.1 Å². The van der Waals surface area contributed by atoms with Crippen LogP contribution >= 0.6 is 34.8 Å². The van der Waals surface area contributed by atoms with Crippen LogP contribution in [0.3, 0.4) is 0 Å². The molecule has 4 aliphatic carbocycles. The van der Waals surface area contributed by atoms with Crippen molar-refractivity contribution in [2.45, 2.75) is 95.8 Å². The zero-order chi connectivity index (χ0) is 34.3. The molecule has 2 aromatic heterocycles. The number of halogens is 3. The summed E-state index contributed by atoms with van der Waals surface area (Å²) < 4.78 is 0. The molecule has 0 unspecified atom stereocenters. The third-order valence-corrected chi connectivity index (χ3v) is 10.3. The lowest BCUT2D eigenvalue weighted by Gasteiger charge is -2.26. The van der Waals surface area contributed by atoms with Crippen molar-refractivity contribution in [3.8, 4) is 0 Å². The van der Waals surface area contributed by atoms with E-state index in [0.29, 0.717) is 45.9 Å². The highest BCUT2D eigenvalue weighted by atomic mass is 35.5. The molecule has 0 radical (unpaired) electrons. The number of nitrogens with two attached hydrogens (primary N) is 3. The highest BCUT2D eigenvalue weighted by molar-refractivity contribution is 6.33. The molecule has 0 bridgehead atoms. The van der Waals surface area contributed by atoms with Gasteiger partial charge in [-0.2, -0.15) is 0 Å². The molecule has 0 saturated heterocycles. The Bertz CT molecular complexity index is 1800. The van der Waals surface area contributed by atoms with E-state index < -0.39 is 0 Å². The molecule has 264 valence electrons. The van der Waals surface area contributed by atoms with Gasteiger partial charge in [-0.1, -0.05) is 91.3 Å². The van der Waals surface area contributed by atoms with Gasteiger partial charge in [0, 0.05) is 35.3 Å². The summed E-state index contributed by atoms with van der Waals surface area (Å²) in [6.07, 6.45) is 18.1. The van der Waals surface area contributed by atoms with E-state index >= 15 is 0 Å². The average molecular weight is 734 g/mol. The Kier molecular flexibility index (Phi) is 13.4. The van der Waals surface area contributed by atoms with Crippen molar-refractivity contribution in [1.82, 2.24) is 19.9 Å². The molecular weight excluding hydrogens is 687 g/mol. The van der Waals surface area contributed by atoms with Gasteiger partial charge in [-0.25, -0.2) is 19.9 Å². The molecule has 2 aromatic carbocycles. The summed E-state index contributed by atoms with van der Waals surface area (Å²) >= 11 is 18.3. The Labute approximate surface area is 311 Å². The van der Waals surface area contributed by atoms with Gasteiger partial charge < -0.3 is 22.5 Å². The van der Waals surface area contributed by atoms with Gasteiger partial charge in [0.15, 0.2) is 0 Å². The summed E-state index contributed by atoms with van der Waals surface area (Å²) in [4.78, 5) is 17.1. The zero-order valence-corrected chi connectivity index (χ0v) is 29.7. The highest BCUT2D eigenvalue weighted by Gasteiger charge is 2.23. The normalized spacial score (nSPS) is 21.9. The molecule has 8 nitrogen and oxygen atoms in total. The molecular formula is C39H47Cl3N8. The Balaban J connectivity index is 0.000000162. The predicted molar refractivity (Wildman–Crippen MR) is 209 cm³/mol. The number of nitrogens with zero attached hydrogens (tertiary/aromatic N) is 4. The Hall–Kier alpha value is -3.37. The van der Waals surface area contributed by atoms with Crippen molar-refractivity contribution in [3.63, 3.8) is 0 Å². The second kappa shape index (κ2) is 17.7. The Morgan fingerprint density at radius 3 is 1.54 bits per heavy atom. The van der Waals surface area contributed by atoms with Crippen molar-refractivity contribution in [2.24, 2.45) is 17.2 Å². The van der Waals surface area contributed by atoms with Crippen molar-refractivity contribution < 1.29 is 0 Å². The first kappa shape index (κ1) is 37.9. The summed E-state index contributed by atoms with van der Waals surface area (Å²) in [6, 6.07) is 18.2. The van der Waals surface area contributed by atoms with E-state index in [1.807, 2.05) is 12.1 Å². The fourth-order valence-corrected chi connectivity index (χ4v) is 7.28. The minimum Gasteiger partial charge on any atom is -0.351 e. The number of fused-ring (bicyclic) bond motifs is 2. The first-order chi connectivity index (χ1) is 23.7. The summed E-state index contributed by atoms with van der Waals surface area (Å²) in [5.74, 6) is 0.653. The molecule has 2 heterocycles. The van der Waals surface area contributed by atoms with Crippen molar-refractivity contribution in [3.05, 3.63) is 122 Å². The number of allylic oxidation sites excluding steroid dienone is 2. The van der Waals surface area contributed by atoms with Crippen molar-refractivity contribution in [1.29, 1.82) is 0 Å². The number of anilines is 1. The molecule has 0 spiro atoms. The van der Waals surface area contributed by atoms with Crippen LogP contribution in [0.5, 0.6) is 0 Å². The monoisotopic (exact) mass is 732 g/mol. The third kappa shape index (κ3) is 9.49. The zero-order valence-electron chi connectivity index (χ0n) is 27.5. The quantitative estimate of drug-likeness (QED) is 0.153. The van der Waals surface area contributed by atoms with Gasteiger partial charge >= 0.3 is 0 Å². The molecule has 8 rings (SSSR count). The second-order valence-electron chi connectivity index (χ2n) is 13.1. The van der Waals surface area contributed by atoms with Crippen LogP contribution < -0.4 is 22.5 Å². The lowest BCUT2D eigenvalue weighted by molar-refractivity contribution is 0.395. The second-order valence-corrected chi connectivity index (χ2v) is 14.3. The average Bonchev–Trinajstić information content (AvgIpc) is 3.75. The van der Waals surface area contributed by atoms with Crippen LogP contribution in [0.4, 0.5) is 5.95 Å². The Morgan fingerprint density at radius 2 is 1.02 bits per heavy atom. The largest absolute Gasteiger partial charge is 0.351 e. The lowest BCUT2D eigenvalue weighted by Crippen LogP contribution is -2.33. The Morgan fingerprint density at radius 1 is 0.580 bits per heavy atom. The molecule has 2 fully saturated rings. The van der Waals surface area contributed by atoms with E-state index in [-0.39, 0.29) is 12.7 Å². The highest BCUT2D eigenvalue weighted by Crippen LogP contribution is 2.36. The van der Waals surface area contributed by atoms with Gasteiger partial charge in [0.05, 0.1) is 33.8 Å². The van der Waals surface area contributed by atoms with Gasteiger partial charge in [-0.15, -0.1) is 0 Å². The fraction of sp³-hybridized carbons (Fsp3) is 0.385. The van der Waals surface area contributed by atoms with Crippen LogP contribution in [0.25, 0.3) is 11.1 Å². The van der Waals surface area contributed by atoms with Crippen molar-refractivity contribution >= 4 is 51.9 Å². The SMILES string of the molecule is C.Clc1ncc(Cl)c(C2=CCc3ccccc32)n1.NC1CCC(N)CC1.NC1CCC(Nc2ncc(Cl)c(C3=CCc4ccccc43)n2)CC1. The van der Waals surface area contributed by atoms with E-state index in [1.54, 1.807) is 6.20 Å². The molecule has 7 N–H and O–H groups in total. The first-order valence-electron chi connectivity index (χ1n) is 17.1. The minimum absolute atomic E-state index is 0. The number of benzene rings is 2. The summed E-state index contributed by atoms with van der Waals surface area (Å²) in [7, 11) is 0. The van der Waals surface area contributed by atoms with Crippen LogP contribution in [0.2, 0.25) is 15.3 Å². The van der Waals surface area contributed by atoms with Gasteiger partial charge in [0.1, 0.15) is 0 Å². The van der Waals surface area contributed by atoms with E-state index in [4.69, 9.17) is 57.0 Å². The molecule has 0 aliphatic heterocycles. The smallest absolute Gasteiger partial charge is 0.223 e. The predicted octanol–water partition coefficient (Wildman–Crippen LogP) is 8.42. The van der Waals surface area contributed by atoms with Crippen LogP contribution in [0.1, 0.15) is 92.4 Å². The lowest BCUT2D eigenvalue weighted by atomic mass is 9.92. The molecule has 4 aromatic rings. The van der Waals surface area contributed by atoms with Gasteiger partial charge in [0.2, 0.25) is 11.2 Å². The maximum Gasteiger partial charge on any atom is 0.223 e. The number of nitrogens with one attached hydrogen (secondary N) is 1. The molecule has 50 heavy (non-hydrogen) atoms. The standard InChI is InChI=1S/C19H21ClN4.C13H8Cl2N2.C6H14N2.CH4/c20-17-11-22-19(23-14-8-6-13(21)7-9-14)24-18(17)16-10-5-12-3-1-2-4-15(12)16;14-11-7-16-13(15)17-12(11)10-6-5-8-3-1-2-4-9(8)10;7-5-1-2-6(8)4-3-5;/h1-4,10-11,13-14H,5-9,21H2,(H,22,23,24);1-4,6-7H,5H2;5-6H,1-4,7-8H2;1H4. The van der Waals surface area contributed by atoms with E-state index in [9.17, 15) is 0 Å². The van der Waals surface area contributed by atoms with E-state index in [2.05, 4.69) is 68.8 Å². The van der Waals surface area contributed by atoms with Crippen molar-refractivity contribution in [2.75, 3.05) is 5.32 Å². The van der Waals surface area contributed by atoms with Crippen LogP contribution in [-0.2, 0) is 12.8 Å². The maximum atomic E-state index is 6.39. The molecule has 0 atom stereocenters. The molecule has 2 saturated carbocycles. The number of aromatic nitrogens is 4. The third-order valence-electron chi connectivity index (χ3n) is 9.56. The van der Waals surface area contributed by atoms with Crippen LogP contribution in [0, 0.1) is 0 Å². The summed E-state index contributed by atoms with van der Waals surface area (Å²) in [6.45, 7) is 0. The molecule has 11 heteroatoms. The molecule has 4 aliphatic rings. The topological polar surface area (TPSA) is 142 Å². The number of hydrogen-bond donors (Lipinski definition) is 4. The summed E-state index contributed by atoms with van der Waals surface area (Å²) in [5.41, 5.74) is 25.9. The number of rotatable bonds is 4. The van der Waals surface area contributed by atoms with Crippen LogP contribution in [0.15, 0.2) is 73.1 Å². The number of hydrogen-bond acceptors (Lipinski definition) is 8. The van der Waals surface area contributed by atoms with E-state index in [1.165, 1.54) is 28.5 Å².